The summed E-state index contributed by atoms with van der Waals surface area (Å²) in [6.07, 6.45) is 2.81. The summed E-state index contributed by atoms with van der Waals surface area (Å²) >= 11 is 0. The molecule has 0 aromatic heterocycles. The van der Waals surface area contributed by atoms with Gasteiger partial charge in [-0.05, 0) is 12.8 Å². The summed E-state index contributed by atoms with van der Waals surface area (Å²) in [5.74, 6) is -0.0903. The number of methoxy groups -OCH3 is 1. The van der Waals surface area contributed by atoms with Crippen molar-refractivity contribution in [1.29, 1.82) is 5.26 Å². The van der Waals surface area contributed by atoms with Crippen LogP contribution in [0.3, 0.4) is 0 Å². The van der Waals surface area contributed by atoms with Gasteiger partial charge in [-0.3, -0.25) is 4.79 Å². The van der Waals surface area contributed by atoms with Crippen LogP contribution in [0.2, 0.25) is 0 Å². The first-order valence-corrected chi connectivity index (χ1v) is 6.00. The molecule has 1 amide bonds. The van der Waals surface area contributed by atoms with Crippen molar-refractivity contribution < 1.29 is 14.3 Å². The third kappa shape index (κ3) is 2.59. The minimum absolute atomic E-state index is 0.0379. The number of hydrogen-bond acceptors (Lipinski definition) is 4. The van der Waals surface area contributed by atoms with Gasteiger partial charge in [-0.1, -0.05) is 0 Å². The van der Waals surface area contributed by atoms with Gasteiger partial charge >= 0.3 is 0 Å². The lowest BCUT2D eigenvalue weighted by molar-refractivity contribution is -0.136. The Balaban J connectivity index is 1.96. The molecule has 2 heterocycles. The molecule has 5 heteroatoms. The molecule has 2 aliphatic heterocycles. The Morgan fingerprint density at radius 1 is 1.71 bits per heavy atom. The summed E-state index contributed by atoms with van der Waals surface area (Å²) in [6, 6.07) is 1.90. The third-order valence-electron chi connectivity index (χ3n) is 3.68. The zero-order valence-electron chi connectivity index (χ0n) is 10.1. The van der Waals surface area contributed by atoms with E-state index < -0.39 is 0 Å². The average molecular weight is 238 g/mol. The molecule has 0 saturated carbocycles. The van der Waals surface area contributed by atoms with Crippen molar-refractivity contribution in [2.45, 2.75) is 37.4 Å². The molecule has 2 rings (SSSR count). The van der Waals surface area contributed by atoms with E-state index in [1.165, 1.54) is 0 Å². The molecule has 17 heavy (non-hydrogen) atoms. The zero-order valence-corrected chi connectivity index (χ0v) is 10.1. The second-order valence-corrected chi connectivity index (χ2v) is 4.78. The summed E-state index contributed by atoms with van der Waals surface area (Å²) in [4.78, 5) is 13.4. The minimum Gasteiger partial charge on any atom is -0.381 e. The van der Waals surface area contributed by atoms with Crippen LogP contribution in [0.15, 0.2) is 0 Å². The van der Waals surface area contributed by atoms with E-state index in [0.29, 0.717) is 19.7 Å². The van der Waals surface area contributed by atoms with Crippen LogP contribution in [0.5, 0.6) is 0 Å². The molecule has 0 aromatic carbocycles. The first-order chi connectivity index (χ1) is 8.19. The van der Waals surface area contributed by atoms with Crippen LogP contribution < -0.4 is 0 Å². The van der Waals surface area contributed by atoms with E-state index in [9.17, 15) is 4.79 Å². The zero-order chi connectivity index (χ0) is 12.3. The van der Waals surface area contributed by atoms with E-state index in [1.54, 1.807) is 12.0 Å². The summed E-state index contributed by atoms with van der Waals surface area (Å²) in [7, 11) is 1.72. The Hall–Kier alpha value is -1.12. The predicted octanol–water partition coefficient (Wildman–Crippen LogP) is 0.697. The fourth-order valence-corrected chi connectivity index (χ4v) is 2.71. The molecule has 0 N–H and O–H groups in total. The van der Waals surface area contributed by atoms with Crippen molar-refractivity contribution in [2.24, 2.45) is 0 Å². The maximum absolute atomic E-state index is 11.6. The van der Waals surface area contributed by atoms with Crippen LogP contribution in [0.4, 0.5) is 0 Å². The van der Waals surface area contributed by atoms with Gasteiger partial charge in [0.15, 0.2) is 0 Å². The normalized spacial score (nSPS) is 32.7. The number of carbonyl (C=O) groups is 1. The van der Waals surface area contributed by atoms with Crippen LogP contribution >= 0.6 is 0 Å². The number of hydrogen-bond donors (Lipinski definition) is 0. The Morgan fingerprint density at radius 3 is 3.24 bits per heavy atom. The number of ether oxygens (including phenoxy) is 2. The van der Waals surface area contributed by atoms with Gasteiger partial charge in [-0.15, -0.1) is 0 Å². The number of nitriles is 1. The Morgan fingerprint density at radius 2 is 2.53 bits per heavy atom. The Kier molecular flexibility index (Phi) is 3.65. The maximum atomic E-state index is 11.6. The second-order valence-electron chi connectivity index (χ2n) is 4.78. The topological polar surface area (TPSA) is 62.6 Å². The van der Waals surface area contributed by atoms with Gasteiger partial charge in [0, 0.05) is 33.2 Å². The number of nitrogens with zero attached hydrogens (tertiary/aromatic N) is 2. The molecule has 5 nitrogen and oxygen atoms in total. The van der Waals surface area contributed by atoms with Crippen molar-refractivity contribution in [1.82, 2.24) is 4.90 Å². The second kappa shape index (κ2) is 5.03. The lowest BCUT2D eigenvalue weighted by Gasteiger charge is -2.37. The molecule has 1 spiro atoms. The number of amides is 1. The Bertz CT molecular complexity index is 339. The Labute approximate surface area is 101 Å². The first kappa shape index (κ1) is 12.3. The van der Waals surface area contributed by atoms with E-state index in [4.69, 9.17) is 14.7 Å². The standard InChI is InChI=1S/C12H18N2O3/c1-16-10-3-7-17-12(8-10)4-6-14(9-12)11(15)2-5-13/h10H,2-4,6-9H2,1H3/t10-,12-/m0/s1. The van der Waals surface area contributed by atoms with Crippen LogP contribution in [0, 0.1) is 11.3 Å². The monoisotopic (exact) mass is 238 g/mol. The molecule has 2 aliphatic rings. The van der Waals surface area contributed by atoms with Gasteiger partial charge in [0.1, 0.15) is 6.42 Å². The summed E-state index contributed by atoms with van der Waals surface area (Å²) < 4.78 is 11.2. The average Bonchev–Trinajstić information content (AvgIpc) is 2.73. The molecule has 2 fully saturated rings. The summed E-state index contributed by atoms with van der Waals surface area (Å²) in [6.45, 7) is 1.99. The quantitative estimate of drug-likeness (QED) is 0.710. The van der Waals surface area contributed by atoms with Gasteiger partial charge in [0.25, 0.3) is 0 Å². The first-order valence-electron chi connectivity index (χ1n) is 6.00. The van der Waals surface area contributed by atoms with E-state index in [-0.39, 0.29) is 24.0 Å². The molecule has 0 bridgehead atoms. The van der Waals surface area contributed by atoms with Crippen molar-refractivity contribution >= 4 is 5.91 Å². The minimum atomic E-state index is -0.232. The predicted molar refractivity (Wildman–Crippen MR) is 60.1 cm³/mol. The smallest absolute Gasteiger partial charge is 0.236 e. The highest BCUT2D eigenvalue weighted by Crippen LogP contribution is 2.35. The van der Waals surface area contributed by atoms with Crippen LogP contribution in [0.25, 0.3) is 0 Å². The van der Waals surface area contributed by atoms with Crippen LogP contribution in [-0.2, 0) is 14.3 Å². The fourth-order valence-electron chi connectivity index (χ4n) is 2.71. The van der Waals surface area contributed by atoms with Gasteiger partial charge in [-0.25, -0.2) is 0 Å². The van der Waals surface area contributed by atoms with Gasteiger partial charge in [0.05, 0.1) is 17.8 Å². The van der Waals surface area contributed by atoms with Crippen molar-refractivity contribution in [3.05, 3.63) is 0 Å². The largest absolute Gasteiger partial charge is 0.381 e. The van der Waals surface area contributed by atoms with Gasteiger partial charge in [-0.2, -0.15) is 5.26 Å². The molecule has 0 radical (unpaired) electrons. The van der Waals surface area contributed by atoms with Crippen LogP contribution in [-0.4, -0.2) is 49.3 Å². The molecular formula is C12H18N2O3. The van der Waals surface area contributed by atoms with E-state index in [2.05, 4.69) is 0 Å². The van der Waals surface area contributed by atoms with Crippen LogP contribution in [0.1, 0.15) is 25.7 Å². The molecule has 0 aromatic rings. The number of carbonyl (C=O) groups excluding carboxylic acids is 1. The van der Waals surface area contributed by atoms with Gasteiger partial charge in [0.2, 0.25) is 5.91 Å². The van der Waals surface area contributed by atoms with Gasteiger partial charge < -0.3 is 14.4 Å². The summed E-state index contributed by atoms with van der Waals surface area (Å²) in [5.41, 5.74) is -0.232. The van der Waals surface area contributed by atoms with Crippen molar-refractivity contribution in [3.63, 3.8) is 0 Å². The molecule has 0 unspecified atom stereocenters. The highest BCUT2D eigenvalue weighted by atomic mass is 16.5. The van der Waals surface area contributed by atoms with E-state index >= 15 is 0 Å². The number of rotatable bonds is 2. The highest BCUT2D eigenvalue weighted by molar-refractivity contribution is 5.78. The molecular weight excluding hydrogens is 220 g/mol. The van der Waals surface area contributed by atoms with E-state index in [0.717, 1.165) is 19.3 Å². The SMILES string of the molecule is CO[C@H]1CCO[C@@]2(CCN(C(=O)CC#N)C2)C1. The highest BCUT2D eigenvalue weighted by Gasteiger charge is 2.44. The number of likely N-dealkylation sites (tertiary alicyclic amines) is 1. The molecule has 94 valence electrons. The molecule has 2 atom stereocenters. The van der Waals surface area contributed by atoms with E-state index in [1.807, 2.05) is 6.07 Å². The summed E-state index contributed by atoms with van der Waals surface area (Å²) in [5, 5.41) is 8.53. The molecule has 0 aliphatic carbocycles. The fraction of sp³-hybridized carbons (Fsp3) is 0.833. The van der Waals surface area contributed by atoms with Crippen molar-refractivity contribution in [3.8, 4) is 6.07 Å². The van der Waals surface area contributed by atoms with Crippen molar-refractivity contribution in [2.75, 3.05) is 26.8 Å². The molecule has 2 saturated heterocycles. The lowest BCUT2D eigenvalue weighted by atomic mass is 9.91. The lowest BCUT2D eigenvalue weighted by Crippen LogP contribution is -2.45. The maximum Gasteiger partial charge on any atom is 0.236 e. The third-order valence-corrected chi connectivity index (χ3v) is 3.68.